The first-order chi connectivity index (χ1) is 17.5. The van der Waals surface area contributed by atoms with Gasteiger partial charge in [-0.15, -0.1) is 0 Å². The molecule has 7 nitrogen and oxygen atoms in total. The van der Waals surface area contributed by atoms with Crippen LogP contribution in [0.3, 0.4) is 0 Å². The molecule has 0 aliphatic rings. The van der Waals surface area contributed by atoms with Crippen LogP contribution in [0.1, 0.15) is 32.2 Å². The molecule has 3 aromatic carbocycles. The minimum Gasteiger partial charge on any atom is -0.483 e. The van der Waals surface area contributed by atoms with Crippen molar-refractivity contribution in [3.05, 3.63) is 96.4 Å². The molecule has 10 heteroatoms. The van der Waals surface area contributed by atoms with Crippen molar-refractivity contribution in [2.75, 3.05) is 11.9 Å². The maximum atomic E-state index is 13.3. The van der Waals surface area contributed by atoms with Gasteiger partial charge in [0.05, 0.1) is 21.6 Å². The third-order valence-electron chi connectivity index (χ3n) is 5.24. The summed E-state index contributed by atoms with van der Waals surface area (Å²) in [5.74, 6) is 0.742. The minimum absolute atomic E-state index is 0.169. The first-order valence-electron chi connectivity index (χ1n) is 11.3. The Morgan fingerprint density at radius 1 is 1.11 bits per heavy atom. The van der Waals surface area contributed by atoms with Crippen molar-refractivity contribution in [2.45, 2.75) is 26.2 Å². The largest absolute Gasteiger partial charge is 0.483 e. The molecule has 0 unspecified atom stereocenters. The molecule has 4 rings (SSSR count). The Morgan fingerprint density at radius 3 is 2.51 bits per heavy atom. The van der Waals surface area contributed by atoms with Gasteiger partial charge in [0.25, 0.3) is 11.5 Å². The standard InChI is InChI=1S/C27H23Br2ClN4O3/c1-27(2,3)26-33-22-10-5-17(28)13-20(22)25(36)34(26)31-14-16-4-11-23(21(29)12-16)37-15-24(35)32-19-8-6-18(30)7-9-19/h4-14H,15H2,1-3H3,(H,32,35). The molecule has 0 saturated carbocycles. The van der Waals surface area contributed by atoms with E-state index in [-0.39, 0.29) is 18.1 Å². The number of aromatic nitrogens is 2. The van der Waals surface area contributed by atoms with Crippen LogP contribution in [0.2, 0.25) is 5.02 Å². The summed E-state index contributed by atoms with van der Waals surface area (Å²) >= 11 is 12.8. The Morgan fingerprint density at radius 2 is 1.84 bits per heavy atom. The summed E-state index contributed by atoms with van der Waals surface area (Å²) in [7, 11) is 0. The van der Waals surface area contributed by atoms with E-state index in [4.69, 9.17) is 21.3 Å². The highest BCUT2D eigenvalue weighted by Crippen LogP contribution is 2.26. The van der Waals surface area contributed by atoms with Crippen LogP contribution in [0, 0.1) is 0 Å². The van der Waals surface area contributed by atoms with Gasteiger partial charge in [-0.05, 0) is 82.2 Å². The summed E-state index contributed by atoms with van der Waals surface area (Å²) in [5, 5.41) is 8.30. The molecule has 1 heterocycles. The fourth-order valence-corrected chi connectivity index (χ4v) is 4.45. The molecule has 0 spiro atoms. The van der Waals surface area contributed by atoms with Gasteiger partial charge in [-0.1, -0.05) is 48.3 Å². The molecular weight excluding hydrogens is 624 g/mol. The lowest BCUT2D eigenvalue weighted by Gasteiger charge is -2.20. The van der Waals surface area contributed by atoms with Gasteiger partial charge in [0, 0.05) is 20.6 Å². The van der Waals surface area contributed by atoms with Gasteiger partial charge < -0.3 is 10.1 Å². The monoisotopic (exact) mass is 644 g/mol. The zero-order valence-corrected chi connectivity index (χ0v) is 24.2. The van der Waals surface area contributed by atoms with Gasteiger partial charge in [0.1, 0.15) is 11.6 Å². The summed E-state index contributed by atoms with van der Waals surface area (Å²) in [5.41, 5.74) is 1.31. The highest BCUT2D eigenvalue weighted by atomic mass is 79.9. The van der Waals surface area contributed by atoms with Gasteiger partial charge in [-0.3, -0.25) is 9.59 Å². The third-order valence-corrected chi connectivity index (χ3v) is 6.61. The molecule has 190 valence electrons. The summed E-state index contributed by atoms with van der Waals surface area (Å²) < 4.78 is 8.43. The second-order valence-corrected chi connectivity index (χ2v) is 11.4. The fraction of sp³-hybridized carbons (Fsp3) is 0.185. The van der Waals surface area contributed by atoms with Crippen LogP contribution in [0.5, 0.6) is 5.75 Å². The van der Waals surface area contributed by atoms with Crippen LogP contribution in [-0.2, 0) is 10.2 Å². The molecule has 1 N–H and O–H groups in total. The Balaban J connectivity index is 1.53. The van der Waals surface area contributed by atoms with Crippen molar-refractivity contribution < 1.29 is 9.53 Å². The average Bonchev–Trinajstić information content (AvgIpc) is 2.84. The second-order valence-electron chi connectivity index (χ2n) is 9.24. The topological polar surface area (TPSA) is 85.6 Å². The Labute approximate surface area is 235 Å². The lowest BCUT2D eigenvalue weighted by molar-refractivity contribution is -0.118. The van der Waals surface area contributed by atoms with Crippen molar-refractivity contribution in [1.82, 2.24) is 9.66 Å². The molecule has 0 bridgehead atoms. The number of fused-ring (bicyclic) bond motifs is 1. The molecule has 4 aromatic rings. The minimum atomic E-state index is -0.414. The van der Waals surface area contributed by atoms with E-state index in [0.29, 0.717) is 37.7 Å². The molecule has 0 aliphatic heterocycles. The summed E-state index contributed by atoms with van der Waals surface area (Å²) in [6, 6.07) is 17.5. The van der Waals surface area contributed by atoms with Crippen LogP contribution in [0.25, 0.3) is 10.9 Å². The maximum Gasteiger partial charge on any atom is 0.282 e. The molecule has 0 radical (unpaired) electrons. The molecule has 37 heavy (non-hydrogen) atoms. The van der Waals surface area contributed by atoms with Crippen LogP contribution < -0.4 is 15.6 Å². The molecular formula is C27H23Br2ClN4O3. The predicted octanol–water partition coefficient (Wildman–Crippen LogP) is 6.77. The van der Waals surface area contributed by atoms with Gasteiger partial charge >= 0.3 is 0 Å². The van der Waals surface area contributed by atoms with E-state index in [2.05, 4.69) is 42.3 Å². The first-order valence-corrected chi connectivity index (χ1v) is 13.2. The third kappa shape index (κ3) is 6.66. The Hall–Kier alpha value is -3.01. The number of benzene rings is 3. The summed E-state index contributed by atoms with van der Waals surface area (Å²) in [6.07, 6.45) is 1.59. The lowest BCUT2D eigenvalue weighted by atomic mass is 9.95. The van der Waals surface area contributed by atoms with Gasteiger partial charge in [-0.25, -0.2) is 4.98 Å². The number of ether oxygens (including phenoxy) is 1. The molecule has 1 amide bonds. The fourth-order valence-electron chi connectivity index (χ4n) is 3.45. The number of hydrogen-bond acceptors (Lipinski definition) is 5. The lowest BCUT2D eigenvalue weighted by Crippen LogP contribution is -2.29. The predicted molar refractivity (Wildman–Crippen MR) is 155 cm³/mol. The van der Waals surface area contributed by atoms with Crippen molar-refractivity contribution in [1.29, 1.82) is 0 Å². The summed E-state index contributed by atoms with van der Waals surface area (Å²) in [4.78, 5) is 30.2. The quantitative estimate of drug-likeness (QED) is 0.234. The van der Waals surface area contributed by atoms with Gasteiger partial charge in [-0.2, -0.15) is 9.78 Å². The van der Waals surface area contributed by atoms with E-state index in [0.717, 1.165) is 10.0 Å². The highest BCUT2D eigenvalue weighted by Gasteiger charge is 2.23. The number of carbonyl (C=O) groups is 1. The molecule has 1 aromatic heterocycles. The van der Waals surface area contributed by atoms with E-state index < -0.39 is 5.41 Å². The molecule has 0 fully saturated rings. The van der Waals surface area contributed by atoms with Crippen LogP contribution in [0.4, 0.5) is 5.69 Å². The van der Waals surface area contributed by atoms with E-state index in [1.807, 2.05) is 32.9 Å². The second kappa shape index (κ2) is 11.2. The summed E-state index contributed by atoms with van der Waals surface area (Å²) in [6.45, 7) is 5.78. The van der Waals surface area contributed by atoms with Crippen molar-refractivity contribution >= 4 is 72.2 Å². The number of rotatable bonds is 6. The zero-order valence-electron chi connectivity index (χ0n) is 20.3. The van der Waals surface area contributed by atoms with Crippen molar-refractivity contribution in [2.24, 2.45) is 5.10 Å². The van der Waals surface area contributed by atoms with Gasteiger partial charge in [0.15, 0.2) is 6.61 Å². The smallest absolute Gasteiger partial charge is 0.282 e. The van der Waals surface area contributed by atoms with Crippen LogP contribution in [0.15, 0.2) is 79.5 Å². The average molecular weight is 647 g/mol. The van der Waals surface area contributed by atoms with Crippen LogP contribution >= 0.6 is 43.5 Å². The number of nitrogens with one attached hydrogen (secondary N) is 1. The molecule has 0 aliphatic carbocycles. The number of carbonyl (C=O) groups excluding carboxylic acids is 1. The number of anilines is 1. The van der Waals surface area contributed by atoms with E-state index >= 15 is 0 Å². The number of hydrogen-bond donors (Lipinski definition) is 1. The zero-order chi connectivity index (χ0) is 26.7. The number of halogens is 3. The van der Waals surface area contributed by atoms with E-state index in [1.54, 1.807) is 54.7 Å². The Kier molecular flexibility index (Phi) is 8.16. The molecule has 0 atom stereocenters. The number of nitrogens with zero attached hydrogens (tertiary/aromatic N) is 3. The van der Waals surface area contributed by atoms with E-state index in [9.17, 15) is 9.59 Å². The maximum absolute atomic E-state index is 13.3. The Bertz CT molecular complexity index is 1560. The van der Waals surface area contributed by atoms with Crippen molar-refractivity contribution in [3.8, 4) is 5.75 Å². The normalized spacial score (nSPS) is 11.7. The molecule has 0 saturated heterocycles. The first kappa shape index (κ1) is 27.0. The number of amides is 1. The van der Waals surface area contributed by atoms with Gasteiger partial charge in [0.2, 0.25) is 0 Å². The highest BCUT2D eigenvalue weighted by molar-refractivity contribution is 9.10. The van der Waals surface area contributed by atoms with E-state index in [1.165, 1.54) is 4.68 Å². The van der Waals surface area contributed by atoms with Crippen LogP contribution in [-0.4, -0.2) is 28.4 Å². The SMILES string of the molecule is CC(C)(C)c1nc2ccc(Br)cc2c(=O)n1N=Cc1ccc(OCC(=O)Nc2ccc(Cl)cc2)c(Br)c1. The van der Waals surface area contributed by atoms with Crippen molar-refractivity contribution in [3.63, 3.8) is 0 Å².